The zero-order chi connectivity index (χ0) is 19.2. The summed E-state index contributed by atoms with van der Waals surface area (Å²) in [6.07, 6.45) is 4.30. The van der Waals surface area contributed by atoms with E-state index in [0.717, 1.165) is 54.0 Å². The summed E-state index contributed by atoms with van der Waals surface area (Å²) in [6, 6.07) is 12.4. The summed E-state index contributed by atoms with van der Waals surface area (Å²) in [4.78, 5) is 15.2. The molecule has 3 rings (SSSR count). The normalized spacial score (nSPS) is 13.7. The molecule has 4 nitrogen and oxygen atoms in total. The molecule has 0 amide bonds. The topological polar surface area (TPSA) is 41.6 Å². The van der Waals surface area contributed by atoms with Crippen LogP contribution in [0.1, 0.15) is 54.6 Å². The second-order valence-corrected chi connectivity index (χ2v) is 7.09. The summed E-state index contributed by atoms with van der Waals surface area (Å²) in [5, 5.41) is 3.57. The number of carbonyl (C=O) groups excluding carboxylic acids is 1. The first-order valence-corrected chi connectivity index (χ1v) is 10.1. The molecule has 0 saturated carbocycles. The Morgan fingerprint density at radius 3 is 2.48 bits per heavy atom. The Hall–Kier alpha value is -2.49. The average molecular weight is 367 g/mol. The molecule has 144 valence electrons. The number of aryl methyl sites for hydroxylation is 1. The lowest BCUT2D eigenvalue weighted by atomic mass is 9.95. The Kier molecular flexibility index (Phi) is 6.38. The maximum Gasteiger partial charge on any atom is 0.338 e. The third kappa shape index (κ3) is 4.26. The third-order valence-electron chi connectivity index (χ3n) is 5.13. The van der Waals surface area contributed by atoms with E-state index in [4.69, 9.17) is 4.74 Å². The molecule has 4 heteroatoms. The monoisotopic (exact) mass is 366 g/mol. The van der Waals surface area contributed by atoms with Crippen molar-refractivity contribution in [3.05, 3.63) is 53.1 Å². The van der Waals surface area contributed by atoms with Crippen LogP contribution in [0.5, 0.6) is 0 Å². The predicted octanol–water partition coefficient (Wildman–Crippen LogP) is 5.47. The van der Waals surface area contributed by atoms with Crippen molar-refractivity contribution >= 4 is 23.0 Å². The van der Waals surface area contributed by atoms with Gasteiger partial charge in [-0.05, 0) is 62.4 Å². The first-order valence-electron chi connectivity index (χ1n) is 10.1. The van der Waals surface area contributed by atoms with Gasteiger partial charge in [-0.15, -0.1) is 0 Å². The minimum absolute atomic E-state index is 0.220. The number of benzene rings is 2. The summed E-state index contributed by atoms with van der Waals surface area (Å²) in [5.74, 6) is -0.220. The van der Waals surface area contributed by atoms with Crippen molar-refractivity contribution < 1.29 is 9.53 Å². The van der Waals surface area contributed by atoms with E-state index in [-0.39, 0.29) is 5.97 Å². The number of carbonyl (C=O) groups is 1. The van der Waals surface area contributed by atoms with Crippen LogP contribution in [0.4, 0.5) is 17.1 Å². The molecule has 2 aromatic carbocycles. The first-order chi connectivity index (χ1) is 13.2. The fraction of sp³-hybridized carbons (Fsp3) is 0.435. The molecular formula is C23H30N2O2. The lowest BCUT2D eigenvalue weighted by Crippen LogP contribution is -2.21. The van der Waals surface area contributed by atoms with Crippen LogP contribution in [0, 0.1) is 6.92 Å². The van der Waals surface area contributed by atoms with E-state index < -0.39 is 0 Å². The molecular weight excluding hydrogens is 336 g/mol. The second kappa shape index (κ2) is 8.94. The number of nitrogens with zero attached hydrogens (tertiary/aromatic N) is 1. The van der Waals surface area contributed by atoms with Gasteiger partial charge in [-0.1, -0.05) is 31.5 Å². The zero-order valence-corrected chi connectivity index (χ0v) is 16.7. The molecule has 1 aliphatic rings. The molecule has 1 saturated heterocycles. The van der Waals surface area contributed by atoms with Crippen molar-refractivity contribution in [3.8, 4) is 0 Å². The molecule has 0 unspecified atom stereocenters. The number of hydrogen-bond acceptors (Lipinski definition) is 4. The van der Waals surface area contributed by atoms with E-state index in [2.05, 4.69) is 35.3 Å². The molecule has 0 spiro atoms. The Morgan fingerprint density at radius 2 is 1.85 bits per heavy atom. The molecule has 1 N–H and O–H groups in total. The van der Waals surface area contributed by atoms with Crippen molar-refractivity contribution in [2.75, 3.05) is 29.9 Å². The van der Waals surface area contributed by atoms with Crippen LogP contribution in [-0.2, 0) is 11.2 Å². The number of para-hydroxylation sites is 1. The first kappa shape index (κ1) is 19.3. The number of rotatable bonds is 7. The standard InChI is InChI=1S/C23H30N2O2/c1-4-11-18-16-20(25-14-9-10-15-25)22(24-19-12-7-6-8-13-19)17(3)21(18)23(26)27-5-2/h6-8,12-13,16,24H,4-5,9-11,14-15H2,1-3H3. The van der Waals surface area contributed by atoms with Gasteiger partial charge in [-0.3, -0.25) is 0 Å². The number of hydrogen-bond donors (Lipinski definition) is 1. The highest BCUT2D eigenvalue weighted by Gasteiger charge is 2.25. The number of anilines is 3. The highest BCUT2D eigenvalue weighted by atomic mass is 16.5. The van der Waals surface area contributed by atoms with Gasteiger partial charge in [0, 0.05) is 18.8 Å². The van der Waals surface area contributed by atoms with E-state index in [0.29, 0.717) is 6.61 Å². The zero-order valence-electron chi connectivity index (χ0n) is 16.7. The molecule has 1 aliphatic heterocycles. The summed E-state index contributed by atoms with van der Waals surface area (Å²) in [6.45, 7) is 8.56. The number of ether oxygens (including phenoxy) is 1. The Balaban J connectivity index is 2.14. The van der Waals surface area contributed by atoms with E-state index >= 15 is 0 Å². The van der Waals surface area contributed by atoms with Gasteiger partial charge in [-0.2, -0.15) is 0 Å². The van der Waals surface area contributed by atoms with Crippen molar-refractivity contribution in [2.45, 2.75) is 46.5 Å². The van der Waals surface area contributed by atoms with E-state index in [1.807, 2.05) is 32.0 Å². The molecule has 2 aromatic rings. The van der Waals surface area contributed by atoms with Crippen LogP contribution in [0.2, 0.25) is 0 Å². The van der Waals surface area contributed by atoms with Gasteiger partial charge in [0.15, 0.2) is 0 Å². The molecule has 0 aliphatic carbocycles. The van der Waals surface area contributed by atoms with Gasteiger partial charge in [-0.25, -0.2) is 4.79 Å². The largest absolute Gasteiger partial charge is 0.462 e. The molecule has 0 atom stereocenters. The van der Waals surface area contributed by atoms with Gasteiger partial charge in [0.2, 0.25) is 0 Å². The Labute approximate surface area is 162 Å². The van der Waals surface area contributed by atoms with E-state index in [9.17, 15) is 4.79 Å². The highest BCUT2D eigenvalue weighted by Crippen LogP contribution is 2.38. The Morgan fingerprint density at radius 1 is 1.15 bits per heavy atom. The Bertz CT molecular complexity index is 781. The quantitative estimate of drug-likeness (QED) is 0.660. The minimum Gasteiger partial charge on any atom is -0.462 e. The average Bonchev–Trinajstić information content (AvgIpc) is 3.19. The van der Waals surface area contributed by atoms with Crippen LogP contribution in [0.25, 0.3) is 0 Å². The van der Waals surface area contributed by atoms with Crippen LogP contribution >= 0.6 is 0 Å². The summed E-state index contributed by atoms with van der Waals surface area (Å²) < 4.78 is 5.39. The van der Waals surface area contributed by atoms with Crippen molar-refractivity contribution in [1.82, 2.24) is 0 Å². The predicted molar refractivity (Wildman–Crippen MR) is 112 cm³/mol. The molecule has 0 bridgehead atoms. The van der Waals surface area contributed by atoms with Crippen molar-refractivity contribution in [2.24, 2.45) is 0 Å². The molecule has 1 heterocycles. The fourth-order valence-electron chi connectivity index (χ4n) is 3.85. The maximum atomic E-state index is 12.7. The maximum absolute atomic E-state index is 12.7. The number of esters is 1. The molecule has 0 aromatic heterocycles. The summed E-state index contributed by atoms with van der Waals surface area (Å²) in [7, 11) is 0. The smallest absolute Gasteiger partial charge is 0.338 e. The summed E-state index contributed by atoms with van der Waals surface area (Å²) >= 11 is 0. The molecule has 1 fully saturated rings. The lowest BCUT2D eigenvalue weighted by Gasteiger charge is -2.27. The van der Waals surface area contributed by atoms with Gasteiger partial charge < -0.3 is 15.0 Å². The van der Waals surface area contributed by atoms with E-state index in [1.54, 1.807) is 0 Å². The van der Waals surface area contributed by atoms with E-state index in [1.165, 1.54) is 18.5 Å². The molecule has 27 heavy (non-hydrogen) atoms. The molecule has 0 radical (unpaired) electrons. The van der Waals surface area contributed by atoms with Crippen LogP contribution in [0.3, 0.4) is 0 Å². The summed E-state index contributed by atoms with van der Waals surface area (Å²) in [5.41, 5.74) is 6.04. The van der Waals surface area contributed by atoms with Gasteiger partial charge in [0.05, 0.1) is 23.5 Å². The highest BCUT2D eigenvalue weighted by molar-refractivity contribution is 5.97. The van der Waals surface area contributed by atoms with Gasteiger partial charge in [0.1, 0.15) is 0 Å². The third-order valence-corrected chi connectivity index (χ3v) is 5.13. The minimum atomic E-state index is -0.220. The van der Waals surface area contributed by atoms with Crippen molar-refractivity contribution in [1.29, 1.82) is 0 Å². The van der Waals surface area contributed by atoms with Gasteiger partial charge in [0.25, 0.3) is 0 Å². The van der Waals surface area contributed by atoms with Crippen LogP contribution < -0.4 is 10.2 Å². The van der Waals surface area contributed by atoms with Crippen LogP contribution in [0.15, 0.2) is 36.4 Å². The fourth-order valence-corrected chi connectivity index (χ4v) is 3.85. The number of nitrogens with one attached hydrogen (secondary N) is 1. The van der Waals surface area contributed by atoms with Crippen LogP contribution in [-0.4, -0.2) is 25.7 Å². The van der Waals surface area contributed by atoms with Gasteiger partial charge >= 0.3 is 5.97 Å². The second-order valence-electron chi connectivity index (χ2n) is 7.09. The van der Waals surface area contributed by atoms with Crippen molar-refractivity contribution in [3.63, 3.8) is 0 Å². The lowest BCUT2D eigenvalue weighted by molar-refractivity contribution is 0.0524. The SMILES string of the molecule is CCCc1cc(N2CCCC2)c(Nc2ccccc2)c(C)c1C(=O)OCC.